The van der Waals surface area contributed by atoms with Crippen LogP contribution in [0.1, 0.15) is 13.3 Å². The van der Waals surface area contributed by atoms with E-state index in [1.165, 1.54) is 0 Å². The Kier molecular flexibility index (Phi) is 2.46. The van der Waals surface area contributed by atoms with Crippen molar-refractivity contribution in [1.29, 1.82) is 0 Å². The predicted octanol–water partition coefficient (Wildman–Crippen LogP) is -0.683. The maximum absolute atomic E-state index is 11.1. The molecule has 0 bridgehead atoms. The van der Waals surface area contributed by atoms with Crippen molar-refractivity contribution in [2.24, 2.45) is 11.8 Å². The molecule has 1 heterocycles. The van der Waals surface area contributed by atoms with Crippen LogP contribution in [0.2, 0.25) is 0 Å². The molecule has 0 aromatic carbocycles. The van der Waals surface area contributed by atoms with Gasteiger partial charge in [0.25, 0.3) is 5.91 Å². The number of hydrogen-bond donors (Lipinski definition) is 2. The molecule has 0 aliphatic carbocycles. The number of nitrogens with zero attached hydrogens (tertiary/aromatic N) is 1. The minimum atomic E-state index is -0.0724. The van der Waals surface area contributed by atoms with E-state index in [4.69, 9.17) is 5.84 Å². The number of carbonyl (C=O) groups is 1. The second-order valence-corrected chi connectivity index (χ2v) is 3.30. The van der Waals surface area contributed by atoms with Crippen molar-refractivity contribution in [3.8, 4) is 0 Å². The number of nitrogens with two attached hydrogens (primary N) is 1. The van der Waals surface area contributed by atoms with Gasteiger partial charge in [-0.25, -0.2) is 5.84 Å². The highest BCUT2D eigenvalue weighted by Crippen LogP contribution is 2.20. The molecule has 11 heavy (non-hydrogen) atoms. The van der Waals surface area contributed by atoms with E-state index in [1.807, 2.05) is 11.9 Å². The molecule has 0 spiro atoms. The van der Waals surface area contributed by atoms with Crippen molar-refractivity contribution in [2.75, 3.05) is 13.6 Å². The van der Waals surface area contributed by atoms with Crippen LogP contribution in [-0.2, 0) is 4.79 Å². The average molecular weight is 157 g/mol. The maximum Gasteiger partial charge on any atom is 0.251 e. The topological polar surface area (TPSA) is 58.4 Å². The van der Waals surface area contributed by atoms with Gasteiger partial charge in [-0.2, -0.15) is 0 Å². The minimum absolute atomic E-state index is 0.0185. The Balaban J connectivity index is 2.52. The Morgan fingerprint density at radius 1 is 1.73 bits per heavy atom. The second kappa shape index (κ2) is 3.19. The summed E-state index contributed by atoms with van der Waals surface area (Å²) < 4.78 is 0. The summed E-state index contributed by atoms with van der Waals surface area (Å²) in [6, 6.07) is -0.0185. The summed E-state index contributed by atoms with van der Waals surface area (Å²) >= 11 is 0. The standard InChI is InChI=1S/C7H15N3O/c1-5-3-6(7(11)9-8)10(2)4-5/h5-6H,3-4,8H2,1-2H3,(H,9,11)/t5-,6+/m1/s1. The third-order valence-corrected chi connectivity index (χ3v) is 2.20. The van der Waals surface area contributed by atoms with Gasteiger partial charge >= 0.3 is 0 Å². The molecule has 1 amide bonds. The van der Waals surface area contributed by atoms with E-state index in [2.05, 4.69) is 12.3 Å². The Morgan fingerprint density at radius 2 is 2.36 bits per heavy atom. The van der Waals surface area contributed by atoms with Crippen molar-refractivity contribution in [1.82, 2.24) is 10.3 Å². The van der Waals surface area contributed by atoms with E-state index in [-0.39, 0.29) is 11.9 Å². The lowest BCUT2D eigenvalue weighted by Gasteiger charge is -2.16. The zero-order valence-corrected chi connectivity index (χ0v) is 7.00. The number of nitrogens with one attached hydrogen (secondary N) is 1. The first-order valence-corrected chi connectivity index (χ1v) is 3.86. The SMILES string of the molecule is C[C@@H]1C[C@@H](C(=O)NN)N(C)C1. The number of likely N-dealkylation sites (N-methyl/N-ethyl adjacent to an activating group) is 1. The minimum Gasteiger partial charge on any atom is -0.295 e. The average Bonchev–Trinajstić information content (AvgIpc) is 2.28. The second-order valence-electron chi connectivity index (χ2n) is 3.30. The van der Waals surface area contributed by atoms with Crippen LogP contribution in [0, 0.1) is 5.92 Å². The number of likely N-dealkylation sites (tertiary alicyclic amines) is 1. The van der Waals surface area contributed by atoms with Crippen LogP contribution in [0.15, 0.2) is 0 Å². The lowest BCUT2D eigenvalue weighted by Crippen LogP contribution is -2.44. The molecule has 0 aromatic rings. The van der Waals surface area contributed by atoms with Crippen LogP contribution in [0.5, 0.6) is 0 Å². The summed E-state index contributed by atoms with van der Waals surface area (Å²) in [4.78, 5) is 13.1. The summed E-state index contributed by atoms with van der Waals surface area (Å²) in [6.07, 6.45) is 0.916. The Hall–Kier alpha value is -0.610. The first kappa shape index (κ1) is 8.49. The molecular formula is C7H15N3O. The molecule has 1 aliphatic heterocycles. The van der Waals surface area contributed by atoms with Crippen LogP contribution in [0.3, 0.4) is 0 Å². The summed E-state index contributed by atoms with van der Waals surface area (Å²) in [5.74, 6) is 5.56. The molecule has 1 rings (SSSR count). The zero-order valence-electron chi connectivity index (χ0n) is 7.00. The van der Waals surface area contributed by atoms with Gasteiger partial charge in [0.15, 0.2) is 0 Å². The highest BCUT2D eigenvalue weighted by Gasteiger charge is 2.31. The summed E-state index contributed by atoms with van der Waals surface area (Å²) in [7, 11) is 1.95. The monoisotopic (exact) mass is 157 g/mol. The van der Waals surface area contributed by atoms with Crippen molar-refractivity contribution in [3.05, 3.63) is 0 Å². The van der Waals surface area contributed by atoms with E-state index in [1.54, 1.807) is 0 Å². The highest BCUT2D eigenvalue weighted by atomic mass is 16.2. The van der Waals surface area contributed by atoms with Crippen LogP contribution in [-0.4, -0.2) is 30.4 Å². The molecule has 4 nitrogen and oxygen atoms in total. The highest BCUT2D eigenvalue weighted by molar-refractivity contribution is 5.81. The number of amides is 1. The quantitative estimate of drug-likeness (QED) is 0.301. The van der Waals surface area contributed by atoms with Gasteiger partial charge in [0.05, 0.1) is 6.04 Å². The summed E-state index contributed by atoms with van der Waals surface area (Å²) in [6.45, 7) is 3.12. The van der Waals surface area contributed by atoms with Gasteiger partial charge in [0, 0.05) is 6.54 Å². The molecule has 3 N–H and O–H groups in total. The van der Waals surface area contributed by atoms with E-state index in [0.717, 1.165) is 13.0 Å². The predicted molar refractivity (Wildman–Crippen MR) is 42.5 cm³/mol. The number of carbonyl (C=O) groups excluding carboxylic acids is 1. The lowest BCUT2D eigenvalue weighted by atomic mass is 10.1. The molecule has 2 atom stereocenters. The first-order chi connectivity index (χ1) is 5.15. The molecule has 0 unspecified atom stereocenters. The third-order valence-electron chi connectivity index (χ3n) is 2.20. The molecule has 0 aromatic heterocycles. The molecule has 1 fully saturated rings. The molecule has 0 radical (unpaired) electrons. The fourth-order valence-corrected chi connectivity index (χ4v) is 1.66. The number of hydrazine groups is 1. The van der Waals surface area contributed by atoms with E-state index >= 15 is 0 Å². The maximum atomic E-state index is 11.1. The zero-order chi connectivity index (χ0) is 8.43. The van der Waals surface area contributed by atoms with Gasteiger partial charge < -0.3 is 0 Å². The van der Waals surface area contributed by atoms with Gasteiger partial charge in [0.2, 0.25) is 0 Å². The molecule has 1 aliphatic rings. The van der Waals surface area contributed by atoms with Gasteiger partial charge in [-0.1, -0.05) is 6.92 Å². The third kappa shape index (κ3) is 1.70. The van der Waals surface area contributed by atoms with Crippen molar-refractivity contribution in [2.45, 2.75) is 19.4 Å². The van der Waals surface area contributed by atoms with Crippen LogP contribution >= 0.6 is 0 Å². The Bertz CT molecular complexity index is 160. The van der Waals surface area contributed by atoms with Crippen LogP contribution in [0.4, 0.5) is 0 Å². The van der Waals surface area contributed by atoms with Gasteiger partial charge in [-0.3, -0.25) is 15.1 Å². The molecule has 4 heteroatoms. The number of rotatable bonds is 1. The van der Waals surface area contributed by atoms with Gasteiger partial charge in [-0.15, -0.1) is 0 Å². The van der Waals surface area contributed by atoms with E-state index in [0.29, 0.717) is 5.92 Å². The molecular weight excluding hydrogens is 142 g/mol. The fraction of sp³-hybridized carbons (Fsp3) is 0.857. The van der Waals surface area contributed by atoms with Crippen molar-refractivity contribution in [3.63, 3.8) is 0 Å². The normalized spacial score (nSPS) is 32.3. The van der Waals surface area contributed by atoms with Crippen molar-refractivity contribution >= 4 is 5.91 Å². The summed E-state index contributed by atoms with van der Waals surface area (Å²) in [5, 5.41) is 0. The molecule has 64 valence electrons. The smallest absolute Gasteiger partial charge is 0.251 e. The largest absolute Gasteiger partial charge is 0.295 e. The Labute approximate surface area is 66.7 Å². The van der Waals surface area contributed by atoms with E-state index < -0.39 is 0 Å². The van der Waals surface area contributed by atoms with Crippen molar-refractivity contribution < 1.29 is 4.79 Å². The van der Waals surface area contributed by atoms with Crippen LogP contribution in [0.25, 0.3) is 0 Å². The lowest BCUT2D eigenvalue weighted by molar-refractivity contribution is -0.125. The van der Waals surface area contributed by atoms with Gasteiger partial charge in [-0.05, 0) is 19.4 Å². The van der Waals surface area contributed by atoms with Crippen LogP contribution < -0.4 is 11.3 Å². The van der Waals surface area contributed by atoms with E-state index in [9.17, 15) is 4.79 Å². The number of hydrogen-bond acceptors (Lipinski definition) is 3. The van der Waals surface area contributed by atoms with Gasteiger partial charge in [0.1, 0.15) is 0 Å². The molecule has 0 saturated carbocycles. The molecule has 1 saturated heterocycles. The first-order valence-electron chi connectivity index (χ1n) is 3.86. The Morgan fingerprint density at radius 3 is 2.73 bits per heavy atom. The fourth-order valence-electron chi connectivity index (χ4n) is 1.66. The summed E-state index contributed by atoms with van der Waals surface area (Å²) in [5.41, 5.74) is 2.18.